The molecular weight excluding hydrogens is 394 g/mol. The molecule has 0 aliphatic rings. The smallest absolute Gasteiger partial charge is 0.198 e. The third-order valence-corrected chi connectivity index (χ3v) is 4.76. The van der Waals surface area contributed by atoms with Crippen LogP contribution in [0.25, 0.3) is 22.6 Å². The van der Waals surface area contributed by atoms with Crippen molar-refractivity contribution < 1.29 is 32.6 Å². The summed E-state index contributed by atoms with van der Waals surface area (Å²) in [5.41, 5.74) is -0.350. The van der Waals surface area contributed by atoms with Crippen LogP contribution in [0.5, 0.6) is 0 Å². The maximum absolute atomic E-state index is 14.5. The number of hydrogen-bond acceptors (Lipinski definition) is 5. The highest BCUT2D eigenvalue weighted by Crippen LogP contribution is 2.36. The minimum atomic E-state index is -1.89. The Labute approximate surface area is 169 Å². The lowest BCUT2D eigenvalue weighted by molar-refractivity contribution is -0.136. The van der Waals surface area contributed by atoms with E-state index < -0.39 is 29.6 Å². The highest BCUT2D eigenvalue weighted by atomic mass is 19.1. The Morgan fingerprint density at radius 3 is 1.50 bits per heavy atom. The zero-order chi connectivity index (χ0) is 21.3. The molecule has 7 heteroatoms. The van der Waals surface area contributed by atoms with Crippen molar-refractivity contribution >= 4 is 5.78 Å². The molecule has 0 bridgehead atoms. The van der Waals surface area contributed by atoms with Crippen LogP contribution in [0.2, 0.25) is 0 Å². The van der Waals surface area contributed by atoms with Crippen LogP contribution >= 0.6 is 0 Å². The highest BCUT2D eigenvalue weighted by Gasteiger charge is 2.32. The molecule has 2 aromatic carbocycles. The molecule has 0 aliphatic heterocycles. The number of furan rings is 2. The molecule has 0 saturated heterocycles. The molecule has 5 nitrogen and oxygen atoms in total. The van der Waals surface area contributed by atoms with Gasteiger partial charge in [-0.15, -0.1) is 0 Å². The van der Waals surface area contributed by atoms with Crippen molar-refractivity contribution in [1.29, 1.82) is 0 Å². The second-order valence-electron chi connectivity index (χ2n) is 6.57. The molecule has 0 spiro atoms. The Kier molecular flexibility index (Phi) is 5.31. The molecule has 2 heterocycles. The summed E-state index contributed by atoms with van der Waals surface area (Å²) < 4.78 is 39.3. The van der Waals surface area contributed by atoms with Gasteiger partial charge in [0.2, 0.25) is 0 Å². The number of ketones is 1. The summed E-state index contributed by atoms with van der Waals surface area (Å²) >= 11 is 0. The van der Waals surface area contributed by atoms with E-state index in [1.54, 1.807) is 0 Å². The van der Waals surface area contributed by atoms with Gasteiger partial charge < -0.3 is 19.0 Å². The highest BCUT2D eigenvalue weighted by molar-refractivity contribution is 5.92. The van der Waals surface area contributed by atoms with Gasteiger partial charge in [-0.25, -0.2) is 8.78 Å². The number of aliphatic hydroxyl groups is 2. The minimum absolute atomic E-state index is 0.0787. The number of aliphatic hydroxyl groups excluding tert-OH is 2. The predicted octanol–water partition coefficient (Wildman–Crippen LogP) is 4.82. The molecule has 2 unspecified atom stereocenters. The van der Waals surface area contributed by atoms with E-state index in [-0.39, 0.29) is 33.8 Å². The van der Waals surface area contributed by atoms with Crippen molar-refractivity contribution in [3.63, 3.8) is 0 Å². The van der Waals surface area contributed by atoms with Gasteiger partial charge in [-0.1, -0.05) is 24.3 Å². The second-order valence-corrected chi connectivity index (χ2v) is 6.57. The first-order valence-corrected chi connectivity index (χ1v) is 9.03. The van der Waals surface area contributed by atoms with Gasteiger partial charge in [0.25, 0.3) is 0 Å². The molecule has 2 atom stereocenters. The minimum Gasteiger partial charge on any atom is -0.464 e. The van der Waals surface area contributed by atoms with Gasteiger partial charge in [-0.2, -0.15) is 0 Å². The van der Waals surface area contributed by atoms with Crippen LogP contribution in [-0.4, -0.2) is 16.0 Å². The van der Waals surface area contributed by atoms with Gasteiger partial charge >= 0.3 is 0 Å². The number of rotatable bonds is 6. The Morgan fingerprint density at radius 1 is 0.700 bits per heavy atom. The first-order valence-electron chi connectivity index (χ1n) is 9.03. The molecule has 2 N–H and O–H groups in total. The van der Waals surface area contributed by atoms with E-state index in [2.05, 4.69) is 0 Å². The van der Waals surface area contributed by atoms with Gasteiger partial charge in [0.1, 0.15) is 35.4 Å². The van der Waals surface area contributed by atoms with E-state index in [4.69, 9.17) is 8.83 Å². The standard InChI is InChI=1S/C23H16F2O5/c24-15-7-1-5-13(19(15)17-9-3-11-29-17)21(26)23(28)22(27)14-6-2-8-16(25)20(14)18-10-4-12-30-18/h1-12,21-22,26-27H. The largest absolute Gasteiger partial charge is 0.464 e. The maximum Gasteiger partial charge on any atom is 0.198 e. The van der Waals surface area contributed by atoms with Crippen LogP contribution in [0, 0.1) is 11.6 Å². The van der Waals surface area contributed by atoms with Crippen molar-refractivity contribution in [2.45, 2.75) is 12.2 Å². The quantitative estimate of drug-likeness (QED) is 0.476. The molecule has 152 valence electrons. The molecule has 0 radical (unpaired) electrons. The molecule has 0 saturated carbocycles. The first-order chi connectivity index (χ1) is 14.5. The van der Waals surface area contributed by atoms with Crippen LogP contribution in [0.3, 0.4) is 0 Å². The van der Waals surface area contributed by atoms with Crippen molar-refractivity contribution in [1.82, 2.24) is 0 Å². The summed E-state index contributed by atoms with van der Waals surface area (Å²) in [6, 6.07) is 13.7. The summed E-state index contributed by atoms with van der Waals surface area (Å²) in [7, 11) is 0. The molecule has 0 amide bonds. The van der Waals surface area contributed by atoms with Gasteiger partial charge in [0.15, 0.2) is 5.78 Å². The number of benzene rings is 2. The van der Waals surface area contributed by atoms with Crippen molar-refractivity contribution in [3.05, 3.63) is 96.0 Å². The molecular formula is C23H16F2O5. The van der Waals surface area contributed by atoms with E-state index >= 15 is 0 Å². The molecule has 0 fully saturated rings. The number of carbonyl (C=O) groups excluding carboxylic acids is 1. The predicted molar refractivity (Wildman–Crippen MR) is 103 cm³/mol. The number of hydrogen-bond donors (Lipinski definition) is 2. The number of Topliss-reactive ketones (excluding diaryl/α,β-unsaturated/α-hetero) is 1. The van der Waals surface area contributed by atoms with Gasteiger partial charge in [0.05, 0.1) is 23.7 Å². The fourth-order valence-electron chi connectivity index (χ4n) is 3.35. The number of carbonyl (C=O) groups is 1. The van der Waals surface area contributed by atoms with Crippen LogP contribution < -0.4 is 0 Å². The monoisotopic (exact) mass is 410 g/mol. The molecule has 4 aromatic rings. The van der Waals surface area contributed by atoms with E-state index in [9.17, 15) is 23.8 Å². The van der Waals surface area contributed by atoms with Crippen LogP contribution in [0.4, 0.5) is 8.78 Å². The second kappa shape index (κ2) is 8.06. The summed E-state index contributed by atoms with van der Waals surface area (Å²) in [5.74, 6) is -2.22. The van der Waals surface area contributed by atoms with E-state index in [0.717, 1.165) is 12.1 Å². The summed E-state index contributed by atoms with van der Waals surface area (Å²) in [6.07, 6.45) is -1.11. The fourth-order valence-corrected chi connectivity index (χ4v) is 3.35. The summed E-state index contributed by atoms with van der Waals surface area (Å²) in [5, 5.41) is 21.4. The zero-order valence-corrected chi connectivity index (χ0v) is 15.5. The molecule has 30 heavy (non-hydrogen) atoms. The van der Waals surface area contributed by atoms with Gasteiger partial charge in [0, 0.05) is 11.1 Å². The Balaban J connectivity index is 1.74. The lowest BCUT2D eigenvalue weighted by Gasteiger charge is -2.19. The lowest BCUT2D eigenvalue weighted by Crippen LogP contribution is -2.22. The Morgan fingerprint density at radius 2 is 1.13 bits per heavy atom. The van der Waals surface area contributed by atoms with E-state index in [0.29, 0.717) is 0 Å². The Bertz CT molecular complexity index is 1070. The maximum atomic E-state index is 14.5. The van der Waals surface area contributed by atoms with Crippen molar-refractivity contribution in [2.24, 2.45) is 0 Å². The summed E-state index contributed by atoms with van der Waals surface area (Å²) in [4.78, 5) is 12.9. The zero-order valence-electron chi connectivity index (χ0n) is 15.5. The average molecular weight is 410 g/mol. The van der Waals surface area contributed by atoms with Gasteiger partial charge in [-0.3, -0.25) is 4.79 Å². The lowest BCUT2D eigenvalue weighted by atomic mass is 9.91. The fraction of sp³-hybridized carbons (Fsp3) is 0.0870. The third-order valence-electron chi connectivity index (χ3n) is 4.76. The average Bonchev–Trinajstić information content (AvgIpc) is 3.46. The molecule has 2 aromatic heterocycles. The van der Waals surface area contributed by atoms with Crippen molar-refractivity contribution in [2.75, 3.05) is 0 Å². The van der Waals surface area contributed by atoms with Crippen LogP contribution in [-0.2, 0) is 4.79 Å². The van der Waals surface area contributed by atoms with Gasteiger partial charge in [-0.05, 0) is 36.4 Å². The van der Waals surface area contributed by atoms with Crippen LogP contribution in [0.1, 0.15) is 23.3 Å². The van der Waals surface area contributed by atoms with E-state index in [1.165, 1.54) is 61.1 Å². The number of halogens is 2. The van der Waals surface area contributed by atoms with E-state index in [1.807, 2.05) is 0 Å². The first kappa shape index (κ1) is 19.8. The SMILES string of the molecule is O=C(C(O)c1cccc(F)c1-c1ccco1)C(O)c1cccc(F)c1-c1ccco1. The topological polar surface area (TPSA) is 83.8 Å². The Hall–Kier alpha value is -3.55. The molecule has 4 rings (SSSR count). The normalized spacial score (nSPS) is 13.2. The molecule has 0 aliphatic carbocycles. The third kappa shape index (κ3) is 3.45. The van der Waals surface area contributed by atoms with Crippen molar-refractivity contribution in [3.8, 4) is 22.6 Å². The summed E-state index contributed by atoms with van der Waals surface area (Å²) in [6.45, 7) is 0. The van der Waals surface area contributed by atoms with Crippen LogP contribution in [0.15, 0.2) is 82.0 Å².